The minimum absolute atomic E-state index is 0.0677. The Labute approximate surface area is 161 Å². The summed E-state index contributed by atoms with van der Waals surface area (Å²) < 4.78 is 2.11. The minimum atomic E-state index is -0.0677. The van der Waals surface area contributed by atoms with Crippen LogP contribution in [0.15, 0.2) is 24.3 Å². The molecule has 0 unspecified atom stereocenters. The number of rotatable bonds is 3. The fourth-order valence-corrected chi connectivity index (χ4v) is 3.80. The number of fused-ring (bicyclic) bond motifs is 3. The largest absolute Gasteiger partial charge is 0.340 e. The number of benzene rings is 2. The van der Waals surface area contributed by atoms with Crippen molar-refractivity contribution in [3.63, 3.8) is 0 Å². The SMILES string of the molecule is CCn1c2c(C=O)cc(C(C)(C)C)cc2c2cc(C(C)(C)C)cc(C=O)c21. The fraction of sp³-hybridized carbons (Fsp3) is 0.417. The summed E-state index contributed by atoms with van der Waals surface area (Å²) in [6, 6.07) is 8.37. The molecule has 1 aromatic heterocycles. The summed E-state index contributed by atoms with van der Waals surface area (Å²) in [7, 11) is 0. The standard InChI is InChI=1S/C24H29NO2/c1-8-25-21-15(13-26)9-17(23(2,3)4)11-19(21)20-12-18(24(5,6)7)10-16(14-27)22(20)25/h9-14H,8H2,1-7H3. The van der Waals surface area contributed by atoms with Gasteiger partial charge in [-0.3, -0.25) is 9.59 Å². The van der Waals surface area contributed by atoms with Crippen molar-refractivity contribution in [3.05, 3.63) is 46.5 Å². The van der Waals surface area contributed by atoms with Crippen molar-refractivity contribution in [1.29, 1.82) is 0 Å². The van der Waals surface area contributed by atoms with Gasteiger partial charge in [-0.25, -0.2) is 0 Å². The van der Waals surface area contributed by atoms with Crippen LogP contribution in [0.25, 0.3) is 21.8 Å². The van der Waals surface area contributed by atoms with Gasteiger partial charge in [0.25, 0.3) is 0 Å². The van der Waals surface area contributed by atoms with Crippen molar-refractivity contribution < 1.29 is 9.59 Å². The van der Waals surface area contributed by atoms with E-state index in [-0.39, 0.29) is 10.8 Å². The molecule has 3 heteroatoms. The number of hydrogen-bond acceptors (Lipinski definition) is 2. The maximum absolute atomic E-state index is 11.9. The Balaban J connectivity index is 2.61. The van der Waals surface area contributed by atoms with Gasteiger partial charge in [0, 0.05) is 28.4 Å². The summed E-state index contributed by atoms with van der Waals surface area (Å²) in [5.74, 6) is 0. The highest BCUT2D eigenvalue weighted by molar-refractivity contribution is 6.16. The average Bonchev–Trinajstić information content (AvgIpc) is 2.92. The first-order valence-corrected chi connectivity index (χ1v) is 9.58. The van der Waals surface area contributed by atoms with Gasteiger partial charge >= 0.3 is 0 Å². The molecule has 3 nitrogen and oxygen atoms in total. The Morgan fingerprint density at radius 1 is 0.741 bits per heavy atom. The van der Waals surface area contributed by atoms with Gasteiger partial charge < -0.3 is 4.57 Å². The predicted octanol–water partition coefficient (Wildman–Crippen LogP) is 6.03. The molecule has 0 atom stereocenters. The summed E-state index contributed by atoms with van der Waals surface area (Å²) in [6.45, 7) is 15.7. The smallest absolute Gasteiger partial charge is 0.152 e. The van der Waals surface area contributed by atoms with Crippen LogP contribution in [0.3, 0.4) is 0 Å². The normalized spacial score (nSPS) is 12.7. The van der Waals surface area contributed by atoms with E-state index in [4.69, 9.17) is 0 Å². The first-order chi connectivity index (χ1) is 12.5. The number of carbonyl (C=O) groups is 2. The average molecular weight is 364 g/mol. The Morgan fingerprint density at radius 2 is 1.11 bits per heavy atom. The Morgan fingerprint density at radius 3 is 1.37 bits per heavy atom. The van der Waals surface area contributed by atoms with Crippen LogP contribution in [0.1, 0.15) is 80.3 Å². The Kier molecular flexibility index (Phi) is 4.54. The second kappa shape index (κ2) is 6.33. The molecule has 0 aliphatic carbocycles. The predicted molar refractivity (Wildman–Crippen MR) is 113 cm³/mol. The molecule has 142 valence electrons. The van der Waals surface area contributed by atoms with E-state index in [9.17, 15) is 9.59 Å². The maximum Gasteiger partial charge on any atom is 0.152 e. The molecule has 0 radical (unpaired) electrons. The second-order valence-electron chi connectivity index (χ2n) is 9.40. The van der Waals surface area contributed by atoms with E-state index in [0.717, 1.165) is 45.5 Å². The highest BCUT2D eigenvalue weighted by Crippen LogP contribution is 2.38. The molecule has 3 aromatic rings. The summed E-state index contributed by atoms with van der Waals surface area (Å²) in [5.41, 5.74) is 5.33. The van der Waals surface area contributed by atoms with Gasteiger partial charge in [-0.15, -0.1) is 0 Å². The van der Waals surface area contributed by atoms with Gasteiger partial charge in [0.15, 0.2) is 12.6 Å². The molecule has 0 fully saturated rings. The van der Waals surface area contributed by atoms with Crippen LogP contribution < -0.4 is 0 Å². The first-order valence-electron chi connectivity index (χ1n) is 9.58. The van der Waals surface area contributed by atoms with E-state index in [1.54, 1.807) is 0 Å². The number of hydrogen-bond donors (Lipinski definition) is 0. The van der Waals surface area contributed by atoms with Gasteiger partial charge in [-0.05, 0) is 53.1 Å². The van der Waals surface area contributed by atoms with E-state index in [1.807, 2.05) is 12.1 Å². The topological polar surface area (TPSA) is 39.1 Å². The highest BCUT2D eigenvalue weighted by Gasteiger charge is 2.23. The van der Waals surface area contributed by atoms with Crippen molar-refractivity contribution in [1.82, 2.24) is 4.57 Å². The monoisotopic (exact) mass is 363 g/mol. The summed E-state index contributed by atoms with van der Waals surface area (Å²) in [6.07, 6.45) is 1.88. The van der Waals surface area contributed by atoms with Crippen molar-refractivity contribution in [2.45, 2.75) is 65.8 Å². The van der Waals surface area contributed by atoms with Gasteiger partial charge in [0.2, 0.25) is 0 Å². The molecular weight excluding hydrogens is 334 g/mol. The third kappa shape index (κ3) is 3.09. The maximum atomic E-state index is 11.9. The van der Waals surface area contributed by atoms with Crippen LogP contribution in [0.5, 0.6) is 0 Å². The van der Waals surface area contributed by atoms with Crippen molar-refractivity contribution in [3.8, 4) is 0 Å². The lowest BCUT2D eigenvalue weighted by molar-refractivity contribution is 0.111. The zero-order valence-electron chi connectivity index (χ0n) is 17.4. The molecule has 0 aliphatic rings. The Bertz CT molecular complexity index is 973. The lowest BCUT2D eigenvalue weighted by Gasteiger charge is -2.20. The van der Waals surface area contributed by atoms with Gasteiger partial charge in [0.1, 0.15) is 0 Å². The van der Waals surface area contributed by atoms with Gasteiger partial charge in [0.05, 0.1) is 11.0 Å². The number of aryl methyl sites for hydroxylation is 1. The van der Waals surface area contributed by atoms with Crippen LogP contribution in [0.4, 0.5) is 0 Å². The minimum Gasteiger partial charge on any atom is -0.340 e. The number of aromatic nitrogens is 1. The van der Waals surface area contributed by atoms with E-state index < -0.39 is 0 Å². The van der Waals surface area contributed by atoms with Crippen LogP contribution in [0.2, 0.25) is 0 Å². The molecule has 0 N–H and O–H groups in total. The number of nitrogens with zero attached hydrogens (tertiary/aromatic N) is 1. The summed E-state index contributed by atoms with van der Waals surface area (Å²) >= 11 is 0. The van der Waals surface area contributed by atoms with E-state index >= 15 is 0 Å². The van der Waals surface area contributed by atoms with Crippen LogP contribution >= 0.6 is 0 Å². The lowest BCUT2D eigenvalue weighted by atomic mass is 9.83. The summed E-state index contributed by atoms with van der Waals surface area (Å²) in [4.78, 5) is 23.9. The zero-order chi connectivity index (χ0) is 20.1. The zero-order valence-corrected chi connectivity index (χ0v) is 17.4. The van der Waals surface area contributed by atoms with Crippen molar-refractivity contribution in [2.24, 2.45) is 0 Å². The number of aldehydes is 2. The Hall–Kier alpha value is -2.42. The van der Waals surface area contributed by atoms with Gasteiger partial charge in [-0.1, -0.05) is 41.5 Å². The van der Waals surface area contributed by atoms with E-state index in [0.29, 0.717) is 17.7 Å². The third-order valence-electron chi connectivity index (χ3n) is 5.41. The molecule has 0 saturated heterocycles. The molecule has 0 bridgehead atoms. The summed E-state index contributed by atoms with van der Waals surface area (Å²) in [5, 5.41) is 2.10. The molecule has 2 aromatic carbocycles. The second-order valence-corrected chi connectivity index (χ2v) is 9.40. The molecule has 3 rings (SSSR count). The molecule has 0 amide bonds. The molecular formula is C24H29NO2. The molecule has 0 aliphatic heterocycles. The third-order valence-corrected chi connectivity index (χ3v) is 5.41. The molecule has 0 spiro atoms. The molecule has 27 heavy (non-hydrogen) atoms. The van der Waals surface area contributed by atoms with Gasteiger partial charge in [-0.2, -0.15) is 0 Å². The molecule has 1 heterocycles. The highest BCUT2D eigenvalue weighted by atomic mass is 16.1. The molecule has 0 saturated carbocycles. The first kappa shape index (κ1) is 19.3. The lowest BCUT2D eigenvalue weighted by Crippen LogP contribution is -2.12. The van der Waals surface area contributed by atoms with Crippen LogP contribution in [-0.2, 0) is 17.4 Å². The number of carbonyl (C=O) groups excluding carboxylic acids is 2. The van der Waals surface area contributed by atoms with Crippen molar-refractivity contribution in [2.75, 3.05) is 0 Å². The van der Waals surface area contributed by atoms with E-state index in [2.05, 4.69) is 65.2 Å². The van der Waals surface area contributed by atoms with Crippen LogP contribution in [-0.4, -0.2) is 17.1 Å². The van der Waals surface area contributed by atoms with Crippen LogP contribution in [0, 0.1) is 0 Å². The van der Waals surface area contributed by atoms with E-state index in [1.165, 1.54) is 0 Å². The van der Waals surface area contributed by atoms with Crippen molar-refractivity contribution >= 4 is 34.4 Å². The fourth-order valence-electron chi connectivity index (χ4n) is 3.80. The quantitative estimate of drug-likeness (QED) is 0.533.